The van der Waals surface area contributed by atoms with E-state index in [4.69, 9.17) is 10.8 Å². The molecule has 4 N–H and O–H groups in total. The van der Waals surface area contributed by atoms with Crippen LogP contribution in [0.3, 0.4) is 0 Å². The largest absolute Gasteiger partial charge is 0.396 e. The summed E-state index contributed by atoms with van der Waals surface area (Å²) in [5.41, 5.74) is 5.89. The Morgan fingerprint density at radius 1 is 1.44 bits per heavy atom. The molecule has 0 radical (unpaired) electrons. The van der Waals surface area contributed by atoms with Crippen molar-refractivity contribution in [3.05, 3.63) is 0 Å². The fourth-order valence-electron chi connectivity index (χ4n) is 2.61. The standard InChI is InChI=1S/C14H28N2O2/c1-14(2,3)12(7-8-17)16-13(18)10-5-4-6-11(15)9-10/h10-12,17H,4-9,15H2,1-3H3,(H,16,18). The zero-order valence-electron chi connectivity index (χ0n) is 11.9. The highest BCUT2D eigenvalue weighted by atomic mass is 16.3. The molecule has 0 bridgehead atoms. The molecule has 106 valence electrons. The summed E-state index contributed by atoms with van der Waals surface area (Å²) in [6, 6.07) is 0.188. The number of aliphatic hydroxyl groups excluding tert-OH is 1. The van der Waals surface area contributed by atoms with E-state index in [1.165, 1.54) is 0 Å². The second kappa shape index (κ2) is 6.53. The quantitative estimate of drug-likeness (QED) is 0.712. The van der Waals surface area contributed by atoms with Gasteiger partial charge in [0.25, 0.3) is 0 Å². The summed E-state index contributed by atoms with van der Waals surface area (Å²) in [5.74, 6) is 0.163. The predicted octanol–water partition coefficient (Wildman–Crippen LogP) is 1.42. The van der Waals surface area contributed by atoms with E-state index in [2.05, 4.69) is 26.1 Å². The topological polar surface area (TPSA) is 75.3 Å². The van der Waals surface area contributed by atoms with Crippen LogP contribution in [0.1, 0.15) is 52.9 Å². The van der Waals surface area contributed by atoms with Crippen LogP contribution in [0.5, 0.6) is 0 Å². The van der Waals surface area contributed by atoms with E-state index in [9.17, 15) is 4.79 Å². The van der Waals surface area contributed by atoms with Crippen LogP contribution < -0.4 is 11.1 Å². The molecule has 0 aromatic carbocycles. The van der Waals surface area contributed by atoms with Crippen molar-refractivity contribution >= 4 is 5.91 Å². The highest BCUT2D eigenvalue weighted by Crippen LogP contribution is 2.26. The molecule has 0 aromatic heterocycles. The first-order valence-corrected chi connectivity index (χ1v) is 7.01. The number of carbonyl (C=O) groups is 1. The van der Waals surface area contributed by atoms with Crippen molar-refractivity contribution in [1.82, 2.24) is 5.32 Å². The van der Waals surface area contributed by atoms with Gasteiger partial charge in [0, 0.05) is 24.6 Å². The Hall–Kier alpha value is -0.610. The summed E-state index contributed by atoms with van der Waals surface area (Å²) in [5, 5.41) is 12.2. The summed E-state index contributed by atoms with van der Waals surface area (Å²) in [4.78, 5) is 12.2. The van der Waals surface area contributed by atoms with Crippen LogP contribution in [0.4, 0.5) is 0 Å². The molecule has 4 nitrogen and oxygen atoms in total. The predicted molar refractivity (Wildman–Crippen MR) is 73.0 cm³/mol. The molecule has 1 amide bonds. The molecule has 3 atom stereocenters. The molecular weight excluding hydrogens is 228 g/mol. The molecule has 1 rings (SSSR count). The summed E-state index contributed by atoms with van der Waals surface area (Å²) >= 11 is 0. The normalized spacial score (nSPS) is 26.7. The lowest BCUT2D eigenvalue weighted by atomic mass is 9.82. The first-order valence-electron chi connectivity index (χ1n) is 7.01. The number of nitrogens with two attached hydrogens (primary N) is 1. The third-order valence-electron chi connectivity index (χ3n) is 3.87. The first kappa shape index (κ1) is 15.4. The minimum Gasteiger partial charge on any atom is -0.396 e. The number of carbonyl (C=O) groups excluding carboxylic acids is 1. The number of nitrogens with one attached hydrogen (secondary N) is 1. The highest BCUT2D eigenvalue weighted by Gasteiger charge is 2.30. The van der Waals surface area contributed by atoms with Gasteiger partial charge >= 0.3 is 0 Å². The monoisotopic (exact) mass is 256 g/mol. The summed E-state index contributed by atoms with van der Waals surface area (Å²) in [6.45, 7) is 6.35. The van der Waals surface area contributed by atoms with Crippen molar-refractivity contribution in [2.24, 2.45) is 17.1 Å². The second-order valence-electron chi connectivity index (χ2n) is 6.56. The molecule has 3 unspecified atom stereocenters. The van der Waals surface area contributed by atoms with Crippen LogP contribution >= 0.6 is 0 Å². The maximum atomic E-state index is 12.2. The lowest BCUT2D eigenvalue weighted by Crippen LogP contribution is -2.48. The molecule has 1 aliphatic carbocycles. The lowest BCUT2D eigenvalue weighted by molar-refractivity contribution is -0.127. The number of rotatable bonds is 4. The van der Waals surface area contributed by atoms with Gasteiger partial charge in [0.1, 0.15) is 0 Å². The number of hydrogen-bond acceptors (Lipinski definition) is 3. The van der Waals surface area contributed by atoms with Crippen LogP contribution in [0.2, 0.25) is 0 Å². The average molecular weight is 256 g/mol. The van der Waals surface area contributed by atoms with Gasteiger partial charge in [-0.3, -0.25) is 4.79 Å². The molecule has 0 heterocycles. The smallest absolute Gasteiger partial charge is 0.223 e. The number of aliphatic hydroxyl groups is 1. The van der Waals surface area contributed by atoms with Crippen LogP contribution in [0.25, 0.3) is 0 Å². The average Bonchev–Trinajstić information content (AvgIpc) is 2.27. The van der Waals surface area contributed by atoms with Gasteiger partial charge in [-0.05, 0) is 31.1 Å². The van der Waals surface area contributed by atoms with Gasteiger partial charge in [-0.1, -0.05) is 27.2 Å². The van der Waals surface area contributed by atoms with E-state index in [0.29, 0.717) is 6.42 Å². The van der Waals surface area contributed by atoms with Gasteiger partial charge in [0.2, 0.25) is 5.91 Å². The molecule has 1 aliphatic rings. The number of amides is 1. The Balaban J connectivity index is 2.55. The lowest BCUT2D eigenvalue weighted by Gasteiger charge is -2.34. The van der Waals surface area contributed by atoms with Gasteiger partial charge in [-0.15, -0.1) is 0 Å². The summed E-state index contributed by atoms with van der Waals surface area (Å²) in [6.07, 6.45) is 4.41. The maximum absolute atomic E-state index is 12.2. The summed E-state index contributed by atoms with van der Waals surface area (Å²) in [7, 11) is 0. The molecule has 0 aromatic rings. The molecule has 18 heavy (non-hydrogen) atoms. The second-order valence-corrected chi connectivity index (χ2v) is 6.56. The van der Waals surface area contributed by atoms with E-state index in [0.717, 1.165) is 25.7 Å². The van der Waals surface area contributed by atoms with Crippen molar-refractivity contribution in [2.75, 3.05) is 6.61 Å². The van der Waals surface area contributed by atoms with Crippen molar-refractivity contribution in [3.63, 3.8) is 0 Å². The van der Waals surface area contributed by atoms with E-state index < -0.39 is 0 Å². The third kappa shape index (κ3) is 4.58. The van der Waals surface area contributed by atoms with Crippen LogP contribution in [-0.2, 0) is 4.79 Å². The highest BCUT2D eigenvalue weighted by molar-refractivity contribution is 5.79. The number of hydrogen-bond donors (Lipinski definition) is 3. The Labute approximate surface area is 110 Å². The Bertz CT molecular complexity index is 273. The van der Waals surface area contributed by atoms with Gasteiger partial charge in [0.05, 0.1) is 0 Å². The first-order chi connectivity index (χ1) is 8.34. The molecule has 0 aliphatic heterocycles. The van der Waals surface area contributed by atoms with Crippen molar-refractivity contribution in [3.8, 4) is 0 Å². The molecular formula is C14H28N2O2. The molecule has 1 saturated carbocycles. The van der Waals surface area contributed by atoms with Crippen LogP contribution in [-0.4, -0.2) is 29.7 Å². The zero-order valence-corrected chi connectivity index (χ0v) is 11.9. The van der Waals surface area contributed by atoms with Gasteiger partial charge < -0.3 is 16.2 Å². The van der Waals surface area contributed by atoms with E-state index in [1.807, 2.05) is 0 Å². The fraction of sp³-hybridized carbons (Fsp3) is 0.929. The maximum Gasteiger partial charge on any atom is 0.223 e. The van der Waals surface area contributed by atoms with Crippen LogP contribution in [0, 0.1) is 11.3 Å². The van der Waals surface area contributed by atoms with Crippen molar-refractivity contribution < 1.29 is 9.90 Å². The van der Waals surface area contributed by atoms with Gasteiger partial charge in [-0.25, -0.2) is 0 Å². The van der Waals surface area contributed by atoms with Gasteiger partial charge in [0.15, 0.2) is 0 Å². The van der Waals surface area contributed by atoms with Crippen LogP contribution in [0.15, 0.2) is 0 Å². The third-order valence-corrected chi connectivity index (χ3v) is 3.87. The van der Waals surface area contributed by atoms with E-state index in [1.54, 1.807) is 0 Å². The molecule has 0 spiro atoms. The minimum atomic E-state index is -0.0326. The molecule has 0 saturated heterocycles. The summed E-state index contributed by atoms with van der Waals surface area (Å²) < 4.78 is 0. The molecule has 1 fully saturated rings. The Kier molecular flexibility index (Phi) is 5.60. The van der Waals surface area contributed by atoms with Crippen molar-refractivity contribution in [1.29, 1.82) is 0 Å². The van der Waals surface area contributed by atoms with E-state index >= 15 is 0 Å². The van der Waals surface area contributed by atoms with E-state index in [-0.39, 0.29) is 35.9 Å². The molecule has 4 heteroatoms. The minimum absolute atomic E-state index is 0.0214. The Morgan fingerprint density at radius 3 is 2.61 bits per heavy atom. The zero-order chi connectivity index (χ0) is 13.8. The fourth-order valence-corrected chi connectivity index (χ4v) is 2.61. The van der Waals surface area contributed by atoms with Crippen molar-refractivity contribution in [2.45, 2.75) is 65.0 Å². The SMILES string of the molecule is CC(C)(C)C(CCO)NC(=O)C1CCCC(N)C1. The van der Waals surface area contributed by atoms with Gasteiger partial charge in [-0.2, -0.15) is 0 Å². The Morgan fingerprint density at radius 2 is 2.11 bits per heavy atom.